The average molecular weight is 314 g/mol. The molecule has 23 heavy (non-hydrogen) atoms. The van der Waals surface area contributed by atoms with Crippen LogP contribution in [0.1, 0.15) is 39.0 Å². The van der Waals surface area contributed by atoms with Crippen molar-refractivity contribution in [3.63, 3.8) is 0 Å². The highest BCUT2D eigenvalue weighted by atomic mass is 16.5. The van der Waals surface area contributed by atoms with E-state index >= 15 is 0 Å². The monoisotopic (exact) mass is 314 g/mol. The van der Waals surface area contributed by atoms with Crippen LogP contribution in [0, 0.1) is 5.41 Å². The van der Waals surface area contributed by atoms with Gasteiger partial charge in [0.05, 0.1) is 0 Å². The summed E-state index contributed by atoms with van der Waals surface area (Å²) in [6.07, 6.45) is 6.39. The third kappa shape index (κ3) is 3.94. The fourth-order valence-corrected chi connectivity index (χ4v) is 2.71. The molecule has 0 N–H and O–H groups in total. The Kier molecular flexibility index (Phi) is 4.41. The van der Waals surface area contributed by atoms with E-state index in [0.29, 0.717) is 30.0 Å². The number of carbonyl (C=O) groups is 1. The quantitative estimate of drug-likeness (QED) is 0.867. The minimum absolute atomic E-state index is 0.171. The van der Waals surface area contributed by atoms with Crippen molar-refractivity contribution < 1.29 is 9.32 Å². The molecule has 3 rings (SSSR count). The molecule has 0 atom stereocenters. The number of aryl methyl sites for hydroxylation is 1. The van der Waals surface area contributed by atoms with Crippen molar-refractivity contribution in [2.45, 2.75) is 39.5 Å². The maximum Gasteiger partial charge on any atom is 0.227 e. The number of carbonyl (C=O) groups excluding carboxylic acids is 1. The zero-order chi connectivity index (χ0) is 16.3. The fourth-order valence-electron chi connectivity index (χ4n) is 2.71. The highest BCUT2D eigenvalue weighted by molar-refractivity contribution is 5.76. The summed E-state index contributed by atoms with van der Waals surface area (Å²) >= 11 is 0. The molecule has 1 fully saturated rings. The summed E-state index contributed by atoms with van der Waals surface area (Å²) in [7, 11) is 0. The van der Waals surface area contributed by atoms with E-state index in [-0.39, 0.29) is 5.91 Å². The van der Waals surface area contributed by atoms with Crippen LogP contribution >= 0.6 is 0 Å². The molecule has 0 bridgehead atoms. The van der Waals surface area contributed by atoms with Gasteiger partial charge >= 0.3 is 0 Å². The normalized spacial score (nSPS) is 17.2. The van der Waals surface area contributed by atoms with Crippen LogP contribution < -0.4 is 0 Å². The van der Waals surface area contributed by atoms with Crippen molar-refractivity contribution >= 4 is 5.91 Å². The van der Waals surface area contributed by atoms with Crippen LogP contribution in [-0.4, -0.2) is 39.0 Å². The number of aromatic nitrogens is 3. The Morgan fingerprint density at radius 1 is 1.26 bits per heavy atom. The third-order valence-corrected chi connectivity index (χ3v) is 4.43. The first-order valence-corrected chi connectivity index (χ1v) is 8.04. The van der Waals surface area contributed by atoms with Crippen molar-refractivity contribution in [1.82, 2.24) is 20.0 Å². The van der Waals surface area contributed by atoms with Gasteiger partial charge in [-0.3, -0.25) is 9.78 Å². The van der Waals surface area contributed by atoms with Gasteiger partial charge in [0.15, 0.2) is 0 Å². The number of hydrogen-bond acceptors (Lipinski definition) is 5. The fraction of sp³-hybridized carbons (Fsp3) is 0.529. The number of nitrogens with zero attached hydrogens (tertiary/aromatic N) is 4. The van der Waals surface area contributed by atoms with Crippen molar-refractivity contribution in [3.8, 4) is 11.4 Å². The Bertz CT molecular complexity index is 656. The van der Waals surface area contributed by atoms with E-state index in [1.807, 2.05) is 17.0 Å². The molecule has 2 aromatic rings. The van der Waals surface area contributed by atoms with Gasteiger partial charge in [-0.2, -0.15) is 4.98 Å². The minimum atomic E-state index is 0.171. The lowest BCUT2D eigenvalue weighted by Gasteiger charge is -2.36. The van der Waals surface area contributed by atoms with Crippen LogP contribution in [-0.2, 0) is 11.2 Å². The molecule has 0 saturated carbocycles. The van der Waals surface area contributed by atoms with Gasteiger partial charge in [0.25, 0.3) is 0 Å². The molecule has 1 aliphatic rings. The number of pyridine rings is 1. The van der Waals surface area contributed by atoms with Gasteiger partial charge in [0.1, 0.15) is 0 Å². The lowest BCUT2D eigenvalue weighted by atomic mass is 9.82. The van der Waals surface area contributed by atoms with Crippen LogP contribution in [0.3, 0.4) is 0 Å². The summed E-state index contributed by atoms with van der Waals surface area (Å²) in [5, 5.41) is 3.96. The Labute approximate surface area is 135 Å². The van der Waals surface area contributed by atoms with Gasteiger partial charge in [-0.25, -0.2) is 0 Å². The van der Waals surface area contributed by atoms with E-state index in [9.17, 15) is 4.79 Å². The Morgan fingerprint density at radius 3 is 2.65 bits per heavy atom. The summed E-state index contributed by atoms with van der Waals surface area (Å²) in [6, 6.07) is 3.66. The first-order chi connectivity index (χ1) is 11.0. The van der Waals surface area contributed by atoms with Crippen LogP contribution in [0.2, 0.25) is 0 Å². The van der Waals surface area contributed by atoms with Gasteiger partial charge < -0.3 is 9.42 Å². The van der Waals surface area contributed by atoms with Crippen LogP contribution in [0.4, 0.5) is 0 Å². The number of piperidine rings is 1. The Hall–Kier alpha value is -2.24. The molecule has 0 aromatic carbocycles. The van der Waals surface area contributed by atoms with E-state index in [0.717, 1.165) is 31.5 Å². The number of likely N-dealkylation sites (tertiary alicyclic amines) is 1. The molecular weight excluding hydrogens is 292 g/mol. The van der Waals surface area contributed by atoms with Crippen LogP contribution in [0.25, 0.3) is 11.4 Å². The smallest absolute Gasteiger partial charge is 0.227 e. The average Bonchev–Trinajstić information content (AvgIpc) is 3.02. The minimum Gasteiger partial charge on any atom is -0.343 e. The predicted molar refractivity (Wildman–Crippen MR) is 85.4 cm³/mol. The van der Waals surface area contributed by atoms with E-state index in [2.05, 4.69) is 29.0 Å². The molecule has 6 heteroatoms. The summed E-state index contributed by atoms with van der Waals surface area (Å²) in [5.41, 5.74) is 1.21. The van der Waals surface area contributed by atoms with Gasteiger partial charge in [0, 0.05) is 43.9 Å². The standard InChI is InChI=1S/C17H22N4O2/c1-17(2)7-11-21(12-8-17)15(22)4-3-14-19-16(20-23-14)13-5-9-18-10-6-13/h5-6,9-10H,3-4,7-8,11-12H2,1-2H3. The number of rotatable bonds is 4. The number of amides is 1. The zero-order valence-corrected chi connectivity index (χ0v) is 13.7. The summed E-state index contributed by atoms with van der Waals surface area (Å²) in [6.45, 7) is 6.21. The van der Waals surface area contributed by atoms with E-state index in [4.69, 9.17) is 4.52 Å². The summed E-state index contributed by atoms with van der Waals surface area (Å²) in [4.78, 5) is 22.5. The summed E-state index contributed by atoms with van der Waals surface area (Å²) in [5.74, 6) is 1.21. The molecule has 0 unspecified atom stereocenters. The van der Waals surface area contributed by atoms with Crippen LogP contribution in [0.15, 0.2) is 29.0 Å². The summed E-state index contributed by atoms with van der Waals surface area (Å²) < 4.78 is 5.24. The maximum absolute atomic E-state index is 12.3. The van der Waals surface area contributed by atoms with Gasteiger partial charge in [-0.05, 0) is 30.4 Å². The van der Waals surface area contributed by atoms with Gasteiger partial charge in [0.2, 0.25) is 17.6 Å². The van der Waals surface area contributed by atoms with E-state index < -0.39 is 0 Å². The molecule has 2 aromatic heterocycles. The van der Waals surface area contributed by atoms with Crippen molar-refractivity contribution in [2.24, 2.45) is 5.41 Å². The largest absolute Gasteiger partial charge is 0.343 e. The lowest BCUT2D eigenvalue weighted by Crippen LogP contribution is -2.41. The first-order valence-electron chi connectivity index (χ1n) is 8.04. The number of hydrogen-bond donors (Lipinski definition) is 0. The topological polar surface area (TPSA) is 72.1 Å². The molecule has 6 nitrogen and oxygen atoms in total. The molecule has 3 heterocycles. The third-order valence-electron chi connectivity index (χ3n) is 4.43. The van der Waals surface area contributed by atoms with Gasteiger partial charge in [-0.1, -0.05) is 19.0 Å². The second kappa shape index (κ2) is 6.48. The van der Waals surface area contributed by atoms with Crippen molar-refractivity contribution in [2.75, 3.05) is 13.1 Å². The molecular formula is C17H22N4O2. The van der Waals surface area contributed by atoms with Gasteiger partial charge in [-0.15, -0.1) is 0 Å². The highest BCUT2D eigenvalue weighted by Gasteiger charge is 2.27. The predicted octanol–water partition coefficient (Wildman–Crippen LogP) is 2.71. The van der Waals surface area contributed by atoms with E-state index in [1.165, 1.54) is 0 Å². The molecule has 0 spiro atoms. The second-order valence-electron chi connectivity index (χ2n) is 6.79. The Morgan fingerprint density at radius 2 is 1.96 bits per heavy atom. The second-order valence-corrected chi connectivity index (χ2v) is 6.79. The molecule has 0 aliphatic carbocycles. The lowest BCUT2D eigenvalue weighted by molar-refractivity contribution is -0.133. The van der Waals surface area contributed by atoms with Crippen molar-refractivity contribution in [3.05, 3.63) is 30.4 Å². The SMILES string of the molecule is CC1(C)CCN(C(=O)CCc2nc(-c3ccncc3)no2)CC1. The molecule has 1 saturated heterocycles. The van der Waals surface area contributed by atoms with Crippen molar-refractivity contribution in [1.29, 1.82) is 0 Å². The zero-order valence-electron chi connectivity index (χ0n) is 13.7. The van der Waals surface area contributed by atoms with Crippen LogP contribution in [0.5, 0.6) is 0 Å². The molecule has 1 amide bonds. The maximum atomic E-state index is 12.3. The van der Waals surface area contributed by atoms with E-state index in [1.54, 1.807) is 12.4 Å². The highest BCUT2D eigenvalue weighted by Crippen LogP contribution is 2.29. The molecule has 122 valence electrons. The molecule has 0 radical (unpaired) electrons. The first kappa shape index (κ1) is 15.6. The Balaban J connectivity index is 1.53. The molecule has 1 aliphatic heterocycles.